The second-order valence-corrected chi connectivity index (χ2v) is 5.14. The van der Waals surface area contributed by atoms with Crippen LogP contribution < -0.4 is 5.32 Å². The Morgan fingerprint density at radius 3 is 2.30 bits per heavy atom. The van der Waals surface area contributed by atoms with Crippen LogP contribution in [0.4, 0.5) is 17.1 Å². The molecule has 2 aromatic rings. The number of rotatable bonds is 4. The summed E-state index contributed by atoms with van der Waals surface area (Å²) in [6.07, 6.45) is 0. The summed E-state index contributed by atoms with van der Waals surface area (Å²) in [5.41, 5.74) is -1.03. The number of hydrogen-bond donors (Lipinski definition) is 1. The van der Waals surface area contributed by atoms with Crippen LogP contribution in [-0.2, 0) is 0 Å². The Hall–Kier alpha value is -2.71. The molecule has 1 N–H and O–H groups in total. The van der Waals surface area contributed by atoms with Crippen LogP contribution in [0.15, 0.2) is 36.4 Å². The summed E-state index contributed by atoms with van der Waals surface area (Å²) in [5.74, 6) is -0.830. The highest BCUT2D eigenvalue weighted by Gasteiger charge is 2.20. The summed E-state index contributed by atoms with van der Waals surface area (Å²) in [5, 5.41) is 24.1. The van der Waals surface area contributed by atoms with Gasteiger partial charge in [0.2, 0.25) is 0 Å². The minimum atomic E-state index is -0.830. The van der Waals surface area contributed by atoms with Gasteiger partial charge in [-0.25, -0.2) is 0 Å². The topological polar surface area (TPSA) is 115 Å². The number of hydrogen-bond acceptors (Lipinski definition) is 5. The number of carbonyl (C=O) groups excluding carboxylic acids is 1. The molecule has 0 aliphatic rings. The van der Waals surface area contributed by atoms with Crippen LogP contribution in [0, 0.1) is 20.2 Å². The van der Waals surface area contributed by atoms with E-state index >= 15 is 0 Å². The maximum atomic E-state index is 12.2. The standard InChI is InChI=1S/C13H7Cl2N3O5/c14-7-1-4-12(18(22)23)11(5-7)16-13(19)9-6-8(17(20)21)2-3-10(9)15/h1-6H,(H,16,19). The number of nitro benzene ring substituents is 2. The summed E-state index contributed by atoms with van der Waals surface area (Å²) >= 11 is 11.6. The molecule has 0 aromatic heterocycles. The molecule has 0 aliphatic heterocycles. The van der Waals surface area contributed by atoms with Crippen molar-refractivity contribution >= 4 is 46.2 Å². The molecule has 8 nitrogen and oxygen atoms in total. The van der Waals surface area contributed by atoms with Gasteiger partial charge < -0.3 is 5.32 Å². The van der Waals surface area contributed by atoms with E-state index < -0.39 is 15.8 Å². The monoisotopic (exact) mass is 355 g/mol. The highest BCUT2D eigenvalue weighted by molar-refractivity contribution is 6.34. The summed E-state index contributed by atoms with van der Waals surface area (Å²) in [6, 6.07) is 6.95. The zero-order valence-electron chi connectivity index (χ0n) is 11.2. The molecule has 2 aromatic carbocycles. The van der Waals surface area contributed by atoms with Crippen molar-refractivity contribution in [1.29, 1.82) is 0 Å². The van der Waals surface area contributed by atoms with Crippen molar-refractivity contribution in [3.8, 4) is 0 Å². The fourth-order valence-corrected chi connectivity index (χ4v) is 2.13. The summed E-state index contributed by atoms with van der Waals surface area (Å²) in [7, 11) is 0. The largest absolute Gasteiger partial charge is 0.316 e. The van der Waals surface area contributed by atoms with E-state index in [4.69, 9.17) is 23.2 Å². The second-order valence-electron chi connectivity index (χ2n) is 4.29. The van der Waals surface area contributed by atoms with Crippen LogP contribution in [0.2, 0.25) is 10.0 Å². The van der Waals surface area contributed by atoms with Crippen LogP contribution in [0.1, 0.15) is 10.4 Å². The van der Waals surface area contributed by atoms with Gasteiger partial charge in [0.15, 0.2) is 0 Å². The minimum Gasteiger partial charge on any atom is -0.316 e. The van der Waals surface area contributed by atoms with Crippen LogP contribution in [0.25, 0.3) is 0 Å². The number of benzene rings is 2. The van der Waals surface area contributed by atoms with Crippen LogP contribution in [0.5, 0.6) is 0 Å². The predicted octanol–water partition coefficient (Wildman–Crippen LogP) is 4.06. The maximum Gasteiger partial charge on any atom is 0.292 e. The second kappa shape index (κ2) is 6.59. The van der Waals surface area contributed by atoms with E-state index in [1.165, 1.54) is 18.2 Å². The first kappa shape index (κ1) is 16.7. The van der Waals surface area contributed by atoms with Gasteiger partial charge in [0.25, 0.3) is 17.3 Å². The highest BCUT2D eigenvalue weighted by Crippen LogP contribution is 2.29. The van der Waals surface area contributed by atoms with Gasteiger partial charge in [-0.15, -0.1) is 0 Å². The molecule has 0 fully saturated rings. The SMILES string of the molecule is O=C(Nc1cc(Cl)ccc1[N+](=O)[O-])c1cc([N+](=O)[O-])ccc1Cl. The molecule has 0 heterocycles. The number of amides is 1. The minimum absolute atomic E-state index is 0.0298. The van der Waals surface area contributed by atoms with Crippen LogP contribution in [-0.4, -0.2) is 15.8 Å². The van der Waals surface area contributed by atoms with E-state index in [1.54, 1.807) is 0 Å². The van der Waals surface area contributed by atoms with Crippen LogP contribution in [0.3, 0.4) is 0 Å². The number of nitro groups is 2. The molecule has 0 unspecified atom stereocenters. The van der Waals surface area contributed by atoms with Gasteiger partial charge in [0, 0.05) is 23.2 Å². The maximum absolute atomic E-state index is 12.2. The molecule has 10 heteroatoms. The van der Waals surface area contributed by atoms with Crippen molar-refractivity contribution < 1.29 is 14.6 Å². The molecule has 0 atom stereocenters. The molecule has 1 amide bonds. The van der Waals surface area contributed by atoms with Crippen molar-refractivity contribution in [2.24, 2.45) is 0 Å². The lowest BCUT2D eigenvalue weighted by Crippen LogP contribution is -2.14. The fourth-order valence-electron chi connectivity index (χ4n) is 1.76. The Bertz CT molecular complexity index is 825. The quantitative estimate of drug-likeness (QED) is 0.655. The highest BCUT2D eigenvalue weighted by atomic mass is 35.5. The average molecular weight is 356 g/mol. The molecule has 118 valence electrons. The lowest BCUT2D eigenvalue weighted by molar-refractivity contribution is -0.384. The molecular weight excluding hydrogens is 349 g/mol. The first-order chi connectivity index (χ1) is 10.8. The lowest BCUT2D eigenvalue weighted by Gasteiger charge is -2.08. The first-order valence-electron chi connectivity index (χ1n) is 5.99. The third-order valence-electron chi connectivity index (χ3n) is 2.81. The summed E-state index contributed by atoms with van der Waals surface area (Å²) < 4.78 is 0. The summed E-state index contributed by atoms with van der Waals surface area (Å²) in [4.78, 5) is 32.5. The van der Waals surface area contributed by atoms with Crippen LogP contribution >= 0.6 is 23.2 Å². The van der Waals surface area contributed by atoms with Crippen molar-refractivity contribution in [1.82, 2.24) is 0 Å². The number of anilines is 1. The Labute approximate surface area is 138 Å². The van der Waals surface area contributed by atoms with E-state index in [9.17, 15) is 25.0 Å². The van der Waals surface area contributed by atoms with Crippen molar-refractivity contribution in [2.75, 3.05) is 5.32 Å². The Balaban J connectivity index is 2.40. The van der Waals surface area contributed by atoms with Gasteiger partial charge in [-0.1, -0.05) is 23.2 Å². The van der Waals surface area contributed by atoms with Crippen molar-refractivity contribution in [2.45, 2.75) is 0 Å². The third kappa shape index (κ3) is 3.74. The van der Waals surface area contributed by atoms with E-state index in [1.807, 2.05) is 0 Å². The smallest absolute Gasteiger partial charge is 0.292 e. The number of nitrogens with zero attached hydrogens (tertiary/aromatic N) is 2. The van der Waals surface area contributed by atoms with Gasteiger partial charge in [-0.3, -0.25) is 25.0 Å². The van der Waals surface area contributed by atoms with Gasteiger partial charge in [0.05, 0.1) is 20.4 Å². The number of nitrogens with one attached hydrogen (secondary N) is 1. The zero-order chi connectivity index (χ0) is 17.1. The molecule has 2 rings (SSSR count). The molecule has 23 heavy (non-hydrogen) atoms. The van der Waals surface area contributed by atoms with Crippen molar-refractivity contribution in [3.05, 3.63) is 72.2 Å². The molecule has 0 bridgehead atoms. The number of halogens is 2. The first-order valence-corrected chi connectivity index (χ1v) is 6.74. The molecule has 0 spiro atoms. The summed E-state index contributed by atoms with van der Waals surface area (Å²) in [6.45, 7) is 0. The molecule has 0 saturated carbocycles. The number of carbonyl (C=O) groups is 1. The molecular formula is C13H7Cl2N3O5. The van der Waals surface area contributed by atoms with Gasteiger partial charge in [0.1, 0.15) is 5.69 Å². The van der Waals surface area contributed by atoms with Gasteiger partial charge in [-0.05, 0) is 18.2 Å². The Kier molecular flexibility index (Phi) is 4.77. The normalized spacial score (nSPS) is 10.2. The van der Waals surface area contributed by atoms with E-state index in [2.05, 4.69) is 5.32 Å². The Morgan fingerprint density at radius 1 is 1.00 bits per heavy atom. The molecule has 0 saturated heterocycles. The van der Waals surface area contributed by atoms with E-state index in [-0.39, 0.29) is 32.7 Å². The van der Waals surface area contributed by atoms with Gasteiger partial charge >= 0.3 is 0 Å². The van der Waals surface area contributed by atoms with Crippen molar-refractivity contribution in [3.63, 3.8) is 0 Å². The molecule has 0 aliphatic carbocycles. The predicted molar refractivity (Wildman–Crippen MR) is 84.2 cm³/mol. The zero-order valence-corrected chi connectivity index (χ0v) is 12.7. The van der Waals surface area contributed by atoms with E-state index in [0.29, 0.717) is 0 Å². The third-order valence-corrected chi connectivity index (χ3v) is 3.37. The molecule has 0 radical (unpaired) electrons. The Morgan fingerprint density at radius 2 is 1.70 bits per heavy atom. The lowest BCUT2D eigenvalue weighted by atomic mass is 10.1. The number of non-ortho nitro benzene ring substituents is 1. The van der Waals surface area contributed by atoms with Gasteiger partial charge in [-0.2, -0.15) is 0 Å². The fraction of sp³-hybridized carbons (Fsp3) is 0. The van der Waals surface area contributed by atoms with E-state index in [0.717, 1.165) is 18.2 Å². The average Bonchev–Trinajstić information content (AvgIpc) is 2.46.